The summed E-state index contributed by atoms with van der Waals surface area (Å²) in [6.45, 7) is 3.28. The third-order valence-electron chi connectivity index (χ3n) is 2.65. The van der Waals surface area contributed by atoms with E-state index in [1.165, 1.54) is 6.07 Å². The summed E-state index contributed by atoms with van der Waals surface area (Å²) in [5, 5.41) is 11.1. The molecule has 92 valence electrons. The maximum atomic E-state index is 12.3. The molecule has 0 saturated heterocycles. The van der Waals surface area contributed by atoms with Crippen molar-refractivity contribution in [2.45, 2.75) is 20.0 Å². The van der Waals surface area contributed by atoms with E-state index in [0.29, 0.717) is 5.69 Å². The number of nitrogens with zero attached hydrogens (tertiary/aromatic N) is 1. The van der Waals surface area contributed by atoms with E-state index in [1.54, 1.807) is 12.1 Å². The number of anilines is 1. The van der Waals surface area contributed by atoms with Gasteiger partial charge in [-0.3, -0.25) is 0 Å². The third-order valence-corrected chi connectivity index (χ3v) is 2.65. The number of rotatable bonds is 3. The first-order valence-corrected chi connectivity index (χ1v) is 5.12. The molecule has 0 aliphatic rings. The minimum Gasteiger partial charge on any atom is -0.383 e. The van der Waals surface area contributed by atoms with E-state index in [9.17, 15) is 13.2 Å². The summed E-state index contributed by atoms with van der Waals surface area (Å²) in [6, 6.07) is 6.60. The third kappa shape index (κ3) is 3.38. The Morgan fingerprint density at radius 3 is 2.53 bits per heavy atom. The highest BCUT2D eigenvalue weighted by Gasteiger charge is 2.39. The van der Waals surface area contributed by atoms with E-state index in [-0.39, 0.29) is 0 Å². The lowest BCUT2D eigenvalue weighted by Crippen LogP contribution is -2.28. The molecule has 1 rings (SSSR count). The molecule has 0 spiro atoms. The zero-order valence-corrected chi connectivity index (χ0v) is 9.60. The van der Waals surface area contributed by atoms with Crippen LogP contribution in [-0.2, 0) is 0 Å². The predicted octanol–water partition coefficient (Wildman–Crippen LogP) is 3.42. The molecule has 1 unspecified atom stereocenters. The minimum atomic E-state index is -4.49. The molecule has 0 heterocycles. The number of alkyl halides is 3. The highest BCUT2D eigenvalue weighted by atomic mass is 19.4. The second-order valence-corrected chi connectivity index (χ2v) is 3.85. The topological polar surface area (TPSA) is 35.8 Å². The molecule has 0 fully saturated rings. The number of nitriles is 1. The van der Waals surface area contributed by atoms with Crippen molar-refractivity contribution in [3.8, 4) is 6.07 Å². The molecule has 1 aromatic rings. The lowest BCUT2D eigenvalue weighted by molar-refractivity contribution is -0.155. The molecule has 2 nitrogen and oxygen atoms in total. The lowest BCUT2D eigenvalue weighted by atomic mass is 10.1. The van der Waals surface area contributed by atoms with Crippen molar-refractivity contribution in [1.29, 1.82) is 5.26 Å². The summed E-state index contributed by atoms with van der Waals surface area (Å²) in [4.78, 5) is 0. The normalized spacial score (nSPS) is 12.9. The van der Waals surface area contributed by atoms with Crippen molar-refractivity contribution >= 4 is 5.69 Å². The van der Waals surface area contributed by atoms with Crippen LogP contribution < -0.4 is 5.32 Å². The van der Waals surface area contributed by atoms with Crippen LogP contribution in [0.1, 0.15) is 11.1 Å². The summed E-state index contributed by atoms with van der Waals surface area (Å²) in [6.07, 6.45) is -4.49. The number of hydrogen-bond donors (Lipinski definition) is 1. The monoisotopic (exact) mass is 242 g/mol. The molecular formula is C12H13F3N2. The van der Waals surface area contributed by atoms with Gasteiger partial charge in [0.2, 0.25) is 0 Å². The van der Waals surface area contributed by atoms with Gasteiger partial charge in [0.15, 0.2) is 5.92 Å². The Balaban J connectivity index is 2.74. The molecule has 1 atom stereocenters. The Morgan fingerprint density at radius 2 is 2.00 bits per heavy atom. The Kier molecular flexibility index (Phi) is 4.00. The SMILES string of the molecule is Cc1cccc(NCC(C#N)C(F)(F)F)c1C. The maximum Gasteiger partial charge on any atom is 0.406 e. The van der Waals surface area contributed by atoms with Gasteiger partial charge in [-0.05, 0) is 31.0 Å². The lowest BCUT2D eigenvalue weighted by Gasteiger charge is -2.16. The van der Waals surface area contributed by atoms with Crippen molar-refractivity contribution in [2.24, 2.45) is 5.92 Å². The minimum absolute atomic E-state index is 0.426. The second-order valence-electron chi connectivity index (χ2n) is 3.85. The van der Waals surface area contributed by atoms with Crippen molar-refractivity contribution in [2.75, 3.05) is 11.9 Å². The van der Waals surface area contributed by atoms with Crippen LogP contribution in [0.25, 0.3) is 0 Å². The molecule has 5 heteroatoms. The maximum absolute atomic E-state index is 12.3. The summed E-state index contributed by atoms with van der Waals surface area (Å²) in [7, 11) is 0. The Morgan fingerprint density at radius 1 is 1.35 bits per heavy atom. The quantitative estimate of drug-likeness (QED) is 0.881. The molecule has 0 bridgehead atoms. The van der Waals surface area contributed by atoms with Crippen molar-refractivity contribution in [3.63, 3.8) is 0 Å². The molecule has 0 aromatic heterocycles. The van der Waals surface area contributed by atoms with Gasteiger partial charge in [-0.1, -0.05) is 12.1 Å². The van der Waals surface area contributed by atoms with E-state index < -0.39 is 18.6 Å². The van der Waals surface area contributed by atoms with Crippen molar-refractivity contribution in [1.82, 2.24) is 0 Å². The van der Waals surface area contributed by atoms with Crippen LogP contribution >= 0.6 is 0 Å². The van der Waals surface area contributed by atoms with Crippen LogP contribution in [-0.4, -0.2) is 12.7 Å². The van der Waals surface area contributed by atoms with Crippen LogP contribution in [0, 0.1) is 31.1 Å². The summed E-state index contributed by atoms with van der Waals surface area (Å²) in [5.41, 5.74) is 2.52. The van der Waals surface area contributed by atoms with Gasteiger partial charge in [0.05, 0.1) is 6.07 Å². The first-order chi connectivity index (χ1) is 7.86. The standard InChI is InChI=1S/C12H13F3N2/c1-8-4-3-5-11(9(8)2)17-7-10(6-16)12(13,14)15/h3-5,10,17H,7H2,1-2H3. The summed E-state index contributed by atoms with van der Waals surface area (Å²) in [5.74, 6) is -1.98. The van der Waals surface area contributed by atoms with Gasteiger partial charge in [0.1, 0.15) is 0 Å². The highest BCUT2D eigenvalue weighted by molar-refractivity contribution is 5.53. The van der Waals surface area contributed by atoms with Crippen LogP contribution in [0.3, 0.4) is 0 Å². The van der Waals surface area contributed by atoms with Gasteiger partial charge in [-0.15, -0.1) is 0 Å². The molecule has 0 aliphatic carbocycles. The average Bonchev–Trinajstić information content (AvgIpc) is 2.23. The molecule has 0 amide bonds. The molecule has 0 saturated carbocycles. The van der Waals surface area contributed by atoms with E-state index >= 15 is 0 Å². The smallest absolute Gasteiger partial charge is 0.383 e. The van der Waals surface area contributed by atoms with Crippen LogP contribution in [0.5, 0.6) is 0 Å². The number of aryl methyl sites for hydroxylation is 1. The van der Waals surface area contributed by atoms with Gasteiger partial charge in [0.25, 0.3) is 0 Å². The van der Waals surface area contributed by atoms with Gasteiger partial charge in [-0.25, -0.2) is 0 Å². The molecule has 1 aromatic carbocycles. The van der Waals surface area contributed by atoms with Crippen LogP contribution in [0.15, 0.2) is 18.2 Å². The number of benzene rings is 1. The van der Waals surface area contributed by atoms with Gasteiger partial charge in [0, 0.05) is 12.2 Å². The molecule has 17 heavy (non-hydrogen) atoms. The number of hydrogen-bond acceptors (Lipinski definition) is 2. The highest BCUT2D eigenvalue weighted by Crippen LogP contribution is 2.26. The Bertz CT molecular complexity index is 432. The zero-order valence-electron chi connectivity index (χ0n) is 9.60. The van der Waals surface area contributed by atoms with Gasteiger partial charge in [-0.2, -0.15) is 18.4 Å². The van der Waals surface area contributed by atoms with E-state index in [1.807, 2.05) is 19.9 Å². The van der Waals surface area contributed by atoms with Crippen molar-refractivity contribution < 1.29 is 13.2 Å². The van der Waals surface area contributed by atoms with Crippen LogP contribution in [0.4, 0.5) is 18.9 Å². The van der Waals surface area contributed by atoms with Crippen LogP contribution in [0.2, 0.25) is 0 Å². The molecule has 0 aliphatic heterocycles. The Hall–Kier alpha value is -1.70. The Labute approximate surface area is 98.1 Å². The zero-order chi connectivity index (χ0) is 13.1. The fraction of sp³-hybridized carbons (Fsp3) is 0.417. The second kappa shape index (κ2) is 5.09. The first kappa shape index (κ1) is 13.4. The van der Waals surface area contributed by atoms with E-state index in [2.05, 4.69) is 5.32 Å². The fourth-order valence-electron chi connectivity index (χ4n) is 1.39. The largest absolute Gasteiger partial charge is 0.406 e. The molecule has 0 radical (unpaired) electrons. The summed E-state index contributed by atoms with van der Waals surface area (Å²) < 4.78 is 37.0. The van der Waals surface area contributed by atoms with Gasteiger partial charge >= 0.3 is 6.18 Å². The number of nitrogens with one attached hydrogen (secondary N) is 1. The average molecular weight is 242 g/mol. The van der Waals surface area contributed by atoms with E-state index in [4.69, 9.17) is 5.26 Å². The molecular weight excluding hydrogens is 229 g/mol. The van der Waals surface area contributed by atoms with E-state index in [0.717, 1.165) is 11.1 Å². The first-order valence-electron chi connectivity index (χ1n) is 5.12. The van der Waals surface area contributed by atoms with Gasteiger partial charge < -0.3 is 5.32 Å². The fourth-order valence-corrected chi connectivity index (χ4v) is 1.39. The predicted molar refractivity (Wildman–Crippen MR) is 59.6 cm³/mol. The molecule has 1 N–H and O–H groups in total. The number of halogens is 3. The summed E-state index contributed by atoms with van der Waals surface area (Å²) >= 11 is 0. The van der Waals surface area contributed by atoms with Crippen molar-refractivity contribution in [3.05, 3.63) is 29.3 Å².